The van der Waals surface area contributed by atoms with Crippen molar-refractivity contribution >= 4 is 11.3 Å². The molecule has 0 saturated heterocycles. The first-order valence-electron chi connectivity index (χ1n) is 6.43. The topological polar surface area (TPSA) is 24.9 Å². The molecule has 0 unspecified atom stereocenters. The van der Waals surface area contributed by atoms with Gasteiger partial charge in [0.2, 0.25) is 0 Å². The number of aryl methyl sites for hydroxylation is 2. The molecule has 0 aliphatic heterocycles. The van der Waals surface area contributed by atoms with Crippen molar-refractivity contribution in [2.45, 2.75) is 27.2 Å². The summed E-state index contributed by atoms with van der Waals surface area (Å²) in [4.78, 5) is 4.73. The molecule has 0 aliphatic carbocycles. The number of hydrogen-bond acceptors (Lipinski definition) is 3. The van der Waals surface area contributed by atoms with Crippen LogP contribution in [0.4, 0.5) is 0 Å². The molecule has 0 saturated carbocycles. The van der Waals surface area contributed by atoms with Gasteiger partial charge in [0.05, 0.1) is 10.7 Å². The minimum atomic E-state index is 1.01. The second kappa shape index (κ2) is 6.12. The third-order valence-corrected chi connectivity index (χ3v) is 3.90. The Morgan fingerprint density at radius 2 is 2.11 bits per heavy atom. The van der Waals surface area contributed by atoms with E-state index in [2.05, 4.69) is 49.7 Å². The second-order valence-electron chi connectivity index (χ2n) is 4.55. The van der Waals surface area contributed by atoms with Crippen molar-refractivity contribution in [1.29, 1.82) is 0 Å². The molecule has 2 rings (SSSR count). The standard InChI is InChI=1S/C15H20N2S/c1-4-16-8-7-15-17-14(10-18-15)13-9-11(2)5-6-12(13)3/h5-6,9-10,16H,4,7-8H2,1-3H3. The first kappa shape index (κ1) is 13.2. The Morgan fingerprint density at radius 1 is 1.28 bits per heavy atom. The maximum absolute atomic E-state index is 4.73. The molecule has 1 aromatic heterocycles. The lowest BCUT2D eigenvalue weighted by Crippen LogP contribution is -2.15. The summed E-state index contributed by atoms with van der Waals surface area (Å²) in [7, 11) is 0. The number of rotatable bonds is 5. The average molecular weight is 260 g/mol. The molecule has 2 aromatic rings. The molecule has 0 spiro atoms. The molecule has 0 amide bonds. The molecule has 1 heterocycles. The Balaban J connectivity index is 2.16. The Labute approximate surface area is 113 Å². The summed E-state index contributed by atoms with van der Waals surface area (Å²) < 4.78 is 0. The van der Waals surface area contributed by atoms with Gasteiger partial charge in [-0.3, -0.25) is 0 Å². The van der Waals surface area contributed by atoms with Crippen LogP contribution < -0.4 is 5.32 Å². The lowest BCUT2D eigenvalue weighted by molar-refractivity contribution is 0.714. The van der Waals surface area contributed by atoms with Gasteiger partial charge in [-0.25, -0.2) is 4.98 Å². The quantitative estimate of drug-likeness (QED) is 0.831. The Bertz CT molecular complexity index is 517. The van der Waals surface area contributed by atoms with Gasteiger partial charge in [-0.2, -0.15) is 0 Å². The lowest BCUT2D eigenvalue weighted by Gasteiger charge is -2.03. The molecule has 0 aliphatic rings. The third kappa shape index (κ3) is 3.18. The number of likely N-dealkylation sites (N-methyl/N-ethyl adjacent to an activating group) is 1. The van der Waals surface area contributed by atoms with Gasteiger partial charge in [0.25, 0.3) is 0 Å². The Kier molecular flexibility index (Phi) is 4.50. The maximum atomic E-state index is 4.73. The summed E-state index contributed by atoms with van der Waals surface area (Å²) >= 11 is 1.76. The predicted molar refractivity (Wildman–Crippen MR) is 79.3 cm³/mol. The molecular weight excluding hydrogens is 240 g/mol. The normalized spacial score (nSPS) is 10.8. The van der Waals surface area contributed by atoms with Crippen LogP contribution in [0.5, 0.6) is 0 Å². The van der Waals surface area contributed by atoms with Gasteiger partial charge in [-0.1, -0.05) is 24.6 Å². The van der Waals surface area contributed by atoms with Crippen LogP contribution in [0, 0.1) is 13.8 Å². The third-order valence-electron chi connectivity index (χ3n) is 2.99. The first-order chi connectivity index (χ1) is 8.70. The number of thiazole rings is 1. The van der Waals surface area contributed by atoms with Gasteiger partial charge in [-0.05, 0) is 32.0 Å². The average Bonchev–Trinajstić information content (AvgIpc) is 2.81. The number of nitrogens with one attached hydrogen (secondary N) is 1. The van der Waals surface area contributed by atoms with Crippen LogP contribution in [0.1, 0.15) is 23.1 Å². The lowest BCUT2D eigenvalue weighted by atomic mass is 10.0. The van der Waals surface area contributed by atoms with E-state index < -0.39 is 0 Å². The van der Waals surface area contributed by atoms with Gasteiger partial charge >= 0.3 is 0 Å². The largest absolute Gasteiger partial charge is 0.317 e. The van der Waals surface area contributed by atoms with Crippen molar-refractivity contribution < 1.29 is 0 Å². The van der Waals surface area contributed by atoms with E-state index in [4.69, 9.17) is 4.98 Å². The van der Waals surface area contributed by atoms with Crippen LogP contribution in [-0.4, -0.2) is 18.1 Å². The molecule has 0 fully saturated rings. The molecule has 2 nitrogen and oxygen atoms in total. The van der Waals surface area contributed by atoms with Crippen LogP contribution in [0.25, 0.3) is 11.3 Å². The highest BCUT2D eigenvalue weighted by Crippen LogP contribution is 2.26. The van der Waals surface area contributed by atoms with E-state index in [1.807, 2.05) is 0 Å². The van der Waals surface area contributed by atoms with Gasteiger partial charge in [0.15, 0.2) is 0 Å². The fraction of sp³-hybridized carbons (Fsp3) is 0.400. The molecule has 1 N–H and O–H groups in total. The smallest absolute Gasteiger partial charge is 0.0945 e. The van der Waals surface area contributed by atoms with Gasteiger partial charge in [0, 0.05) is 23.9 Å². The molecule has 3 heteroatoms. The zero-order valence-corrected chi connectivity index (χ0v) is 12.1. The van der Waals surface area contributed by atoms with Crippen molar-refractivity contribution in [2.24, 2.45) is 0 Å². The molecule has 96 valence electrons. The Hall–Kier alpha value is -1.19. The van der Waals surface area contributed by atoms with Crippen molar-refractivity contribution in [3.63, 3.8) is 0 Å². The van der Waals surface area contributed by atoms with Gasteiger partial charge in [-0.15, -0.1) is 11.3 Å². The van der Waals surface area contributed by atoms with Crippen molar-refractivity contribution in [3.8, 4) is 11.3 Å². The number of benzene rings is 1. The van der Waals surface area contributed by atoms with Crippen LogP contribution in [0.2, 0.25) is 0 Å². The molecular formula is C15H20N2S. The van der Waals surface area contributed by atoms with E-state index in [0.717, 1.165) is 25.2 Å². The molecule has 18 heavy (non-hydrogen) atoms. The van der Waals surface area contributed by atoms with E-state index in [1.165, 1.54) is 21.7 Å². The van der Waals surface area contributed by atoms with Crippen molar-refractivity contribution in [2.75, 3.05) is 13.1 Å². The molecule has 0 bridgehead atoms. The highest BCUT2D eigenvalue weighted by atomic mass is 32.1. The maximum Gasteiger partial charge on any atom is 0.0945 e. The fourth-order valence-electron chi connectivity index (χ4n) is 1.93. The van der Waals surface area contributed by atoms with E-state index in [9.17, 15) is 0 Å². The van der Waals surface area contributed by atoms with Crippen LogP contribution in [0.15, 0.2) is 23.6 Å². The summed E-state index contributed by atoms with van der Waals surface area (Å²) in [5, 5.41) is 6.72. The number of aromatic nitrogens is 1. The van der Waals surface area contributed by atoms with Crippen molar-refractivity contribution in [3.05, 3.63) is 39.7 Å². The number of hydrogen-bond donors (Lipinski definition) is 1. The second-order valence-corrected chi connectivity index (χ2v) is 5.49. The van der Waals surface area contributed by atoms with E-state index in [-0.39, 0.29) is 0 Å². The fourth-order valence-corrected chi connectivity index (χ4v) is 2.73. The van der Waals surface area contributed by atoms with Gasteiger partial charge < -0.3 is 5.32 Å². The molecule has 0 atom stereocenters. The van der Waals surface area contributed by atoms with E-state index in [1.54, 1.807) is 11.3 Å². The summed E-state index contributed by atoms with van der Waals surface area (Å²) in [6.45, 7) is 8.43. The van der Waals surface area contributed by atoms with Crippen molar-refractivity contribution in [1.82, 2.24) is 10.3 Å². The Morgan fingerprint density at radius 3 is 2.89 bits per heavy atom. The monoisotopic (exact) mass is 260 g/mol. The highest BCUT2D eigenvalue weighted by Gasteiger charge is 2.07. The summed E-state index contributed by atoms with van der Waals surface area (Å²) in [5.74, 6) is 0. The predicted octanol–water partition coefficient (Wildman–Crippen LogP) is 3.58. The minimum Gasteiger partial charge on any atom is -0.317 e. The van der Waals surface area contributed by atoms with Gasteiger partial charge in [0.1, 0.15) is 0 Å². The van der Waals surface area contributed by atoms with E-state index in [0.29, 0.717) is 0 Å². The molecule has 0 radical (unpaired) electrons. The van der Waals surface area contributed by atoms with Crippen LogP contribution >= 0.6 is 11.3 Å². The first-order valence-corrected chi connectivity index (χ1v) is 7.31. The van der Waals surface area contributed by atoms with Crippen LogP contribution in [0.3, 0.4) is 0 Å². The zero-order chi connectivity index (χ0) is 13.0. The van der Waals surface area contributed by atoms with E-state index >= 15 is 0 Å². The molecule has 1 aromatic carbocycles. The number of nitrogens with zero attached hydrogens (tertiary/aromatic N) is 1. The van der Waals surface area contributed by atoms with Crippen LogP contribution in [-0.2, 0) is 6.42 Å². The summed E-state index contributed by atoms with van der Waals surface area (Å²) in [6.07, 6.45) is 1.02. The minimum absolute atomic E-state index is 1.01. The highest BCUT2D eigenvalue weighted by molar-refractivity contribution is 7.09. The summed E-state index contributed by atoms with van der Waals surface area (Å²) in [6, 6.07) is 6.54. The zero-order valence-electron chi connectivity index (χ0n) is 11.3. The summed E-state index contributed by atoms with van der Waals surface area (Å²) in [5.41, 5.74) is 4.97. The SMILES string of the molecule is CCNCCc1nc(-c2cc(C)ccc2C)cs1.